The predicted molar refractivity (Wildman–Crippen MR) is 284 cm³/mol. The Bertz CT molecular complexity index is 3430. The second-order valence-corrected chi connectivity index (χ2v) is 21.3. The Labute approximate surface area is 489 Å². The Kier molecular flexibility index (Phi) is 18.1. The van der Waals surface area contributed by atoms with Crippen molar-refractivity contribution >= 4 is 23.0 Å². The zero-order valence-corrected chi connectivity index (χ0v) is 45.5. The quantitative estimate of drug-likeness (QED) is 0.0295. The van der Waals surface area contributed by atoms with Crippen molar-refractivity contribution < 1.29 is 148 Å². The average molecular weight is 1230 g/mol. The first-order valence-electron chi connectivity index (χ1n) is 26.9. The number of aliphatic hydroxyl groups excluding tert-OH is 11. The third kappa shape index (κ3) is 12.2. The number of fused-ring (bicyclic) bond motifs is 4. The molecular formula is C56H62O31. The summed E-state index contributed by atoms with van der Waals surface area (Å²) < 4.78 is 64.6. The van der Waals surface area contributed by atoms with Crippen LogP contribution in [0.2, 0.25) is 0 Å². The Morgan fingerprint density at radius 2 is 1.03 bits per heavy atom. The lowest BCUT2D eigenvalue weighted by Gasteiger charge is -2.43. The van der Waals surface area contributed by atoms with E-state index in [1.807, 2.05) is 0 Å². The summed E-state index contributed by atoms with van der Waals surface area (Å²) in [7, 11) is 0. The summed E-state index contributed by atoms with van der Waals surface area (Å²) in [5, 5.41) is 193. The Morgan fingerprint density at radius 3 is 1.67 bits per heavy atom. The van der Waals surface area contributed by atoms with Gasteiger partial charge in [0.05, 0.1) is 32.0 Å². The first-order valence-corrected chi connectivity index (χ1v) is 26.9. The maximum Gasteiger partial charge on any atom is 0.331 e. The van der Waals surface area contributed by atoms with Crippen LogP contribution in [0.4, 0.5) is 0 Å². The minimum absolute atomic E-state index is 0.0491. The van der Waals surface area contributed by atoms with E-state index in [1.165, 1.54) is 26.0 Å². The molecule has 31 heteroatoms. The number of hydrogen-bond acceptors (Lipinski definition) is 31. The van der Waals surface area contributed by atoms with Crippen molar-refractivity contribution in [3.63, 3.8) is 0 Å². The lowest BCUT2D eigenvalue weighted by Crippen LogP contribution is -2.62. The van der Waals surface area contributed by atoms with Crippen LogP contribution < -0.4 is 14.9 Å². The predicted octanol–water partition coefficient (Wildman–Crippen LogP) is -2.40. The largest absolute Gasteiger partial charge is 0.507 e. The second kappa shape index (κ2) is 25.1. The van der Waals surface area contributed by atoms with Crippen LogP contribution in [-0.2, 0) is 42.7 Å². The van der Waals surface area contributed by atoms with Gasteiger partial charge in [-0.3, -0.25) is 4.79 Å². The van der Waals surface area contributed by atoms with Gasteiger partial charge in [0, 0.05) is 40.8 Å². The first-order chi connectivity index (χ1) is 41.2. The minimum atomic E-state index is -2.19. The van der Waals surface area contributed by atoms with Gasteiger partial charge in [0.25, 0.3) is 0 Å². The van der Waals surface area contributed by atoms with Crippen LogP contribution in [0.25, 0.3) is 28.4 Å². The highest BCUT2D eigenvalue weighted by molar-refractivity contribution is 5.93. The summed E-state index contributed by atoms with van der Waals surface area (Å²) in [6, 6.07) is 9.56. The number of ether oxygens (including phenoxy) is 10. The topological polar surface area (TPSA) is 504 Å². The summed E-state index contributed by atoms with van der Waals surface area (Å²) in [4.78, 5) is 28.5. The van der Waals surface area contributed by atoms with Crippen LogP contribution in [0, 0.1) is 0 Å². The molecule has 0 saturated carbocycles. The Hall–Kier alpha value is -7.22. The first kappa shape index (κ1) is 62.8. The van der Waals surface area contributed by atoms with Gasteiger partial charge in [-0.15, -0.1) is 0 Å². The van der Waals surface area contributed by atoms with Crippen molar-refractivity contribution in [2.75, 3.05) is 19.8 Å². The molecule has 0 aliphatic carbocycles. The molecule has 5 aliphatic heterocycles. The number of carbonyl (C=O) groups is 1. The molecule has 4 saturated heterocycles. The van der Waals surface area contributed by atoms with Crippen LogP contribution in [0.15, 0.2) is 69.9 Å². The van der Waals surface area contributed by atoms with E-state index in [2.05, 4.69) is 0 Å². The number of hydrogen-bond donors (Lipinski definition) is 18. The third-order valence-electron chi connectivity index (χ3n) is 15.5. The standard InChI is InChI=1S/C56H62O31/c1-17-37(65)41(69)45(73)53(80-17)78-15-32-39(67)43(71)47(75)56(83-32)87-52-40(68)36-29(63)13-31-35(51(36)86-49(52)20-5-7-24(58)26(60)10-20)22(21-11-27(61)28(62)12-30(21)82-31)14-77-55-48(76)44(72)50(85-34(64)8-4-19-3-6-23(57)25(59)9-19)33(84-55)16-79-54-46(74)42(70)38(66)18(2)81-54/h3-13,17-18,22,32-33,37-39,41-48,50,53-63,65-67,69-76H,14-16H2,1-2H3/b8-4+/t17-,18-,22+,32+,33+,37-,38-,39+,41+,42+,43-,44+,45+,46+,47+,48+,50+,53+,54+,55+,56-/m0/s1. The monoisotopic (exact) mass is 1230 g/mol. The molecule has 1 aromatic heterocycles. The van der Waals surface area contributed by atoms with Gasteiger partial charge in [-0.1, -0.05) is 6.07 Å². The second-order valence-electron chi connectivity index (χ2n) is 21.3. The highest BCUT2D eigenvalue weighted by Gasteiger charge is 2.51. The highest BCUT2D eigenvalue weighted by atomic mass is 16.7. The smallest absolute Gasteiger partial charge is 0.331 e. The van der Waals surface area contributed by atoms with Gasteiger partial charge in [0.1, 0.15) is 108 Å². The van der Waals surface area contributed by atoms with Gasteiger partial charge < -0.3 is 144 Å². The summed E-state index contributed by atoms with van der Waals surface area (Å²) in [6.07, 6.45) is -33.5. The maximum absolute atomic E-state index is 15.1. The fourth-order valence-corrected chi connectivity index (χ4v) is 10.5. The number of carbonyl (C=O) groups excluding carboxylic acids is 1. The molecule has 10 rings (SSSR count). The molecule has 21 atom stereocenters. The van der Waals surface area contributed by atoms with Gasteiger partial charge in [-0.05, 0) is 61.9 Å². The average Bonchev–Trinajstić information content (AvgIpc) is 0.763. The van der Waals surface area contributed by atoms with Crippen LogP contribution in [0.3, 0.4) is 0 Å². The summed E-state index contributed by atoms with van der Waals surface area (Å²) in [6.45, 7) is 0.443. The number of aliphatic hydroxyl groups is 11. The molecule has 31 nitrogen and oxygen atoms in total. The lowest BCUT2D eigenvalue weighted by molar-refractivity contribution is -0.328. The molecule has 472 valence electrons. The minimum Gasteiger partial charge on any atom is -0.507 e. The Morgan fingerprint density at radius 1 is 0.517 bits per heavy atom. The molecular weight excluding hydrogens is 1170 g/mol. The molecule has 18 N–H and O–H groups in total. The number of esters is 1. The number of aromatic hydroxyl groups is 7. The SMILES string of the molecule is C[C@@H]1O[C@@H](OC[C@H]2O[C@@H](Oc3c(-c4ccc(O)c(O)c4)oc4c5c(cc(O)c4c3=O)Oc3cc(O)c(O)cc3[C@H]5CO[C@@H]3O[C@H](CO[C@@H]4O[C@@H](C)[C@H](O)[C@@H](O)[C@H]4O)[C@@H](OC(=O)/C=C/c4ccc(O)c(O)c4)[C@H](O)[C@H]3O)[C@H](O)[C@@H](O)[C@@H]2O)[C@H](O)[C@H](O)[C@H]1O. The van der Waals surface area contributed by atoms with Crippen LogP contribution in [-0.4, -0.2) is 241 Å². The van der Waals surface area contributed by atoms with Crippen molar-refractivity contribution in [2.45, 2.75) is 143 Å². The van der Waals surface area contributed by atoms with Crippen LogP contribution >= 0.6 is 0 Å². The normalized spacial score (nSPS) is 34.2. The molecule has 6 heterocycles. The molecule has 0 unspecified atom stereocenters. The van der Waals surface area contributed by atoms with Gasteiger partial charge >= 0.3 is 5.97 Å². The van der Waals surface area contributed by atoms with Crippen molar-refractivity contribution in [3.8, 4) is 68.8 Å². The van der Waals surface area contributed by atoms with Gasteiger partial charge in [-0.2, -0.15) is 0 Å². The third-order valence-corrected chi connectivity index (χ3v) is 15.5. The molecule has 4 aromatic carbocycles. The van der Waals surface area contributed by atoms with Crippen molar-refractivity contribution in [2.24, 2.45) is 0 Å². The lowest BCUT2D eigenvalue weighted by atomic mass is 9.86. The van der Waals surface area contributed by atoms with Gasteiger partial charge in [0.15, 0.2) is 65.2 Å². The molecule has 0 radical (unpaired) electrons. The fraction of sp³-hybridized carbons (Fsp3) is 0.464. The van der Waals surface area contributed by atoms with E-state index in [0.717, 1.165) is 54.6 Å². The molecule has 87 heavy (non-hydrogen) atoms. The van der Waals surface area contributed by atoms with E-state index >= 15 is 4.79 Å². The van der Waals surface area contributed by atoms with E-state index in [1.54, 1.807) is 0 Å². The highest BCUT2D eigenvalue weighted by Crippen LogP contribution is 2.53. The number of benzene rings is 4. The summed E-state index contributed by atoms with van der Waals surface area (Å²) in [5.74, 6) is -9.40. The molecule has 5 aromatic rings. The van der Waals surface area contributed by atoms with Gasteiger partial charge in [-0.25, -0.2) is 4.79 Å². The summed E-state index contributed by atoms with van der Waals surface area (Å²) >= 11 is 0. The number of phenols is 7. The zero-order valence-electron chi connectivity index (χ0n) is 45.5. The van der Waals surface area contributed by atoms with Crippen molar-refractivity contribution in [1.29, 1.82) is 0 Å². The van der Waals surface area contributed by atoms with Crippen molar-refractivity contribution in [1.82, 2.24) is 0 Å². The fourth-order valence-electron chi connectivity index (χ4n) is 10.5. The molecule has 0 spiro atoms. The van der Waals surface area contributed by atoms with E-state index in [9.17, 15) is 96.7 Å². The van der Waals surface area contributed by atoms with E-state index in [4.69, 9.17) is 51.8 Å². The molecule has 5 aliphatic rings. The van der Waals surface area contributed by atoms with Gasteiger partial charge in [0.2, 0.25) is 17.5 Å². The molecule has 0 bridgehead atoms. The van der Waals surface area contributed by atoms with E-state index < -0.39 is 223 Å². The maximum atomic E-state index is 15.1. The molecule has 0 amide bonds. The van der Waals surface area contributed by atoms with Crippen molar-refractivity contribution in [3.05, 3.63) is 87.6 Å². The van der Waals surface area contributed by atoms with Crippen LogP contribution in [0.1, 0.15) is 36.5 Å². The van der Waals surface area contributed by atoms with Crippen LogP contribution in [0.5, 0.6) is 57.5 Å². The van der Waals surface area contributed by atoms with E-state index in [0.29, 0.717) is 0 Å². The number of phenolic OH excluding ortho intramolecular Hbond substituents is 7. The summed E-state index contributed by atoms with van der Waals surface area (Å²) in [5.41, 5.74) is -2.15. The molecule has 4 fully saturated rings. The van der Waals surface area contributed by atoms with E-state index in [-0.39, 0.29) is 33.8 Å². The number of rotatable bonds is 15. The zero-order chi connectivity index (χ0) is 62.8. The Balaban J connectivity index is 1.00.